The first-order chi connectivity index (χ1) is 9.22. The Morgan fingerprint density at radius 2 is 2.16 bits per heavy atom. The summed E-state index contributed by atoms with van der Waals surface area (Å²) in [4.78, 5) is 14.6. The third-order valence-electron chi connectivity index (χ3n) is 2.92. The minimum atomic E-state index is 0.0674. The average Bonchev–Trinajstić information content (AvgIpc) is 2.73. The van der Waals surface area contributed by atoms with Crippen LogP contribution in [-0.2, 0) is 11.3 Å². The molecule has 1 amide bonds. The highest BCUT2D eigenvalue weighted by atomic mass is 35.5. The van der Waals surface area contributed by atoms with Gasteiger partial charge in [-0.1, -0.05) is 29.8 Å². The fraction of sp³-hybridized carbons (Fsp3) is 0.357. The van der Waals surface area contributed by atoms with E-state index in [2.05, 4.69) is 15.6 Å². The molecule has 19 heavy (non-hydrogen) atoms. The minimum Gasteiger partial charge on any atom is -0.356 e. The first-order valence-corrected chi connectivity index (χ1v) is 6.82. The van der Waals surface area contributed by atoms with Crippen LogP contribution in [0.1, 0.15) is 19.0 Å². The Bertz CT molecular complexity index is 565. The third kappa shape index (κ3) is 3.49. The summed E-state index contributed by atoms with van der Waals surface area (Å²) >= 11 is 6.30. The molecule has 2 rings (SSSR count). The van der Waals surface area contributed by atoms with Crippen molar-refractivity contribution in [3.05, 3.63) is 35.0 Å². The van der Waals surface area contributed by atoms with Crippen LogP contribution in [0.15, 0.2) is 24.3 Å². The number of aromatic nitrogens is 1. The lowest BCUT2D eigenvalue weighted by molar-refractivity contribution is -0.120. The maximum atomic E-state index is 11.3. The molecule has 0 atom stereocenters. The number of halogens is 1. The molecule has 1 aromatic carbocycles. The molecule has 0 radical (unpaired) electrons. The Morgan fingerprint density at radius 3 is 2.89 bits per heavy atom. The van der Waals surface area contributed by atoms with Crippen LogP contribution in [0, 0.1) is 0 Å². The lowest BCUT2D eigenvalue weighted by atomic mass is 10.2. The molecule has 0 fully saturated rings. The number of carbonyl (C=O) groups excluding carboxylic acids is 1. The number of carbonyl (C=O) groups is 1. The highest BCUT2D eigenvalue weighted by Gasteiger charge is 2.08. The van der Waals surface area contributed by atoms with Gasteiger partial charge in [-0.2, -0.15) is 0 Å². The van der Waals surface area contributed by atoms with Crippen molar-refractivity contribution in [2.45, 2.75) is 19.9 Å². The van der Waals surface area contributed by atoms with Crippen LogP contribution < -0.4 is 10.6 Å². The van der Waals surface area contributed by atoms with Crippen LogP contribution in [-0.4, -0.2) is 24.0 Å². The highest BCUT2D eigenvalue weighted by molar-refractivity contribution is 6.36. The van der Waals surface area contributed by atoms with Gasteiger partial charge in [0.15, 0.2) is 0 Å². The van der Waals surface area contributed by atoms with Crippen molar-refractivity contribution in [3.63, 3.8) is 0 Å². The summed E-state index contributed by atoms with van der Waals surface area (Å²) in [5.41, 5.74) is 1.99. The van der Waals surface area contributed by atoms with E-state index in [1.807, 2.05) is 31.2 Å². The van der Waals surface area contributed by atoms with E-state index in [-0.39, 0.29) is 5.91 Å². The van der Waals surface area contributed by atoms with E-state index in [9.17, 15) is 4.79 Å². The van der Waals surface area contributed by atoms with Crippen LogP contribution in [0.2, 0.25) is 5.02 Å². The smallest absolute Gasteiger partial charge is 0.221 e. The molecule has 102 valence electrons. The predicted octanol–water partition coefficient (Wildman–Crippen LogP) is 2.44. The fourth-order valence-electron chi connectivity index (χ4n) is 1.99. The van der Waals surface area contributed by atoms with Gasteiger partial charge in [-0.15, -0.1) is 0 Å². The van der Waals surface area contributed by atoms with E-state index in [0.717, 1.165) is 21.6 Å². The largest absolute Gasteiger partial charge is 0.356 e. The van der Waals surface area contributed by atoms with Crippen molar-refractivity contribution >= 4 is 28.4 Å². The monoisotopic (exact) mass is 279 g/mol. The molecule has 0 aliphatic rings. The maximum absolute atomic E-state index is 11.3. The van der Waals surface area contributed by atoms with Gasteiger partial charge in [-0.25, -0.2) is 0 Å². The van der Waals surface area contributed by atoms with Crippen LogP contribution in [0.5, 0.6) is 0 Å². The zero-order valence-electron chi connectivity index (χ0n) is 10.9. The van der Waals surface area contributed by atoms with Crippen molar-refractivity contribution in [2.75, 3.05) is 13.1 Å². The van der Waals surface area contributed by atoms with Gasteiger partial charge in [0.25, 0.3) is 0 Å². The molecule has 1 aromatic heterocycles. The number of para-hydroxylation sites is 1. The van der Waals surface area contributed by atoms with Crippen molar-refractivity contribution in [1.82, 2.24) is 15.6 Å². The number of hydrogen-bond acceptors (Lipinski definition) is 2. The van der Waals surface area contributed by atoms with E-state index in [4.69, 9.17) is 11.6 Å². The highest BCUT2D eigenvalue weighted by Crippen LogP contribution is 2.26. The van der Waals surface area contributed by atoms with Gasteiger partial charge < -0.3 is 15.6 Å². The molecule has 2 aromatic rings. The first-order valence-electron chi connectivity index (χ1n) is 6.45. The topological polar surface area (TPSA) is 56.9 Å². The fourth-order valence-corrected chi connectivity index (χ4v) is 2.27. The van der Waals surface area contributed by atoms with Crippen LogP contribution >= 0.6 is 11.6 Å². The maximum Gasteiger partial charge on any atom is 0.221 e. The zero-order valence-corrected chi connectivity index (χ0v) is 11.7. The normalized spacial score (nSPS) is 10.8. The average molecular weight is 280 g/mol. The lowest BCUT2D eigenvalue weighted by Crippen LogP contribution is -2.27. The number of benzene rings is 1. The lowest BCUT2D eigenvalue weighted by Gasteiger charge is -2.04. The summed E-state index contributed by atoms with van der Waals surface area (Å²) in [6.45, 7) is 3.85. The second-order valence-electron chi connectivity index (χ2n) is 4.34. The number of nitrogens with one attached hydrogen (secondary N) is 3. The summed E-state index contributed by atoms with van der Waals surface area (Å²) in [6.07, 6.45) is 0.478. The van der Waals surface area contributed by atoms with Crippen LogP contribution in [0.4, 0.5) is 0 Å². The molecular formula is C14H18ClN3O. The van der Waals surface area contributed by atoms with Gasteiger partial charge in [-0.05, 0) is 13.0 Å². The molecule has 0 saturated heterocycles. The molecule has 0 aliphatic carbocycles. The van der Waals surface area contributed by atoms with Gasteiger partial charge in [-0.3, -0.25) is 4.79 Å². The van der Waals surface area contributed by atoms with Gasteiger partial charge in [0.05, 0.1) is 5.02 Å². The molecule has 0 unspecified atom stereocenters. The summed E-state index contributed by atoms with van der Waals surface area (Å²) < 4.78 is 0. The Balaban J connectivity index is 1.88. The Hall–Kier alpha value is -1.52. The summed E-state index contributed by atoms with van der Waals surface area (Å²) in [7, 11) is 0. The molecular weight excluding hydrogens is 262 g/mol. The second kappa shape index (κ2) is 6.59. The number of H-pyrrole nitrogens is 1. The SMILES string of the molecule is CCNC(=O)CCNCc1[nH]c2ccccc2c1Cl. The Labute approximate surface area is 117 Å². The van der Waals surface area contributed by atoms with Crippen LogP contribution in [0.25, 0.3) is 10.9 Å². The number of hydrogen-bond donors (Lipinski definition) is 3. The Kier molecular flexibility index (Phi) is 4.82. The summed E-state index contributed by atoms with van der Waals surface area (Å²) in [5, 5.41) is 7.76. The molecule has 4 nitrogen and oxygen atoms in total. The van der Waals surface area contributed by atoms with Crippen LogP contribution in [0.3, 0.4) is 0 Å². The van der Waals surface area contributed by atoms with E-state index in [0.29, 0.717) is 26.1 Å². The van der Waals surface area contributed by atoms with Gasteiger partial charge in [0.1, 0.15) is 0 Å². The first kappa shape index (κ1) is 13.9. The molecule has 1 heterocycles. The molecule has 3 N–H and O–H groups in total. The minimum absolute atomic E-state index is 0.0674. The number of amides is 1. The summed E-state index contributed by atoms with van der Waals surface area (Å²) in [6, 6.07) is 7.93. The standard InChI is InChI=1S/C14H18ClN3O/c1-2-17-13(19)7-8-16-9-12-14(15)10-5-3-4-6-11(10)18-12/h3-6,16,18H,2,7-9H2,1H3,(H,17,19). The molecule has 0 aliphatic heterocycles. The van der Waals surface area contributed by atoms with E-state index in [1.165, 1.54) is 0 Å². The molecule has 0 saturated carbocycles. The second-order valence-corrected chi connectivity index (χ2v) is 4.72. The quantitative estimate of drug-likeness (QED) is 0.712. The van der Waals surface area contributed by atoms with Gasteiger partial charge in [0, 0.05) is 42.7 Å². The van der Waals surface area contributed by atoms with Gasteiger partial charge >= 0.3 is 0 Å². The number of rotatable bonds is 6. The number of aromatic amines is 1. The predicted molar refractivity (Wildman–Crippen MR) is 78.3 cm³/mol. The third-order valence-corrected chi connectivity index (χ3v) is 3.35. The van der Waals surface area contributed by atoms with Crippen molar-refractivity contribution in [3.8, 4) is 0 Å². The number of fused-ring (bicyclic) bond motifs is 1. The molecule has 0 bridgehead atoms. The van der Waals surface area contributed by atoms with E-state index < -0.39 is 0 Å². The zero-order chi connectivity index (χ0) is 13.7. The van der Waals surface area contributed by atoms with Gasteiger partial charge in [0.2, 0.25) is 5.91 Å². The summed E-state index contributed by atoms with van der Waals surface area (Å²) in [5.74, 6) is 0.0674. The van der Waals surface area contributed by atoms with Crippen molar-refractivity contribution in [1.29, 1.82) is 0 Å². The van der Waals surface area contributed by atoms with E-state index >= 15 is 0 Å². The molecule has 5 heteroatoms. The van der Waals surface area contributed by atoms with Crippen molar-refractivity contribution in [2.24, 2.45) is 0 Å². The Morgan fingerprint density at radius 1 is 1.37 bits per heavy atom. The van der Waals surface area contributed by atoms with Crippen molar-refractivity contribution < 1.29 is 4.79 Å². The molecule has 0 spiro atoms. The van der Waals surface area contributed by atoms with E-state index in [1.54, 1.807) is 0 Å².